The van der Waals surface area contributed by atoms with Crippen molar-refractivity contribution in [2.24, 2.45) is 0 Å². The average molecular weight is 453 g/mol. The number of hydrogen-bond donors (Lipinski definition) is 0. The Morgan fingerprint density at radius 2 is 1.28 bits per heavy atom. The molecule has 4 nitrogen and oxygen atoms in total. The van der Waals surface area contributed by atoms with E-state index in [1.54, 1.807) is 0 Å². The van der Waals surface area contributed by atoms with Crippen LogP contribution >= 0.6 is 8.58 Å². The molecule has 1 atom stereocenters. The number of rotatable bonds is 12. The summed E-state index contributed by atoms with van der Waals surface area (Å²) in [6.07, 6.45) is 2.69. The van der Waals surface area contributed by atoms with Crippen molar-refractivity contribution in [3.63, 3.8) is 0 Å². The molecule has 0 spiro atoms. The topological polar surface area (TPSA) is 44.8 Å². The molecule has 0 saturated heterocycles. The predicted octanol–water partition coefficient (Wildman–Crippen LogP) is 3.55. The first-order chi connectivity index (χ1) is 14.8. The molecule has 0 aliphatic heterocycles. The van der Waals surface area contributed by atoms with Gasteiger partial charge < -0.3 is 15.6 Å². The Morgan fingerprint density at radius 1 is 0.781 bits per heavy atom. The summed E-state index contributed by atoms with van der Waals surface area (Å²) in [4.78, 5) is 13.5. The maximum atomic E-state index is 13.5. The number of carbonyl (C=O) groups is 1. The van der Waals surface area contributed by atoms with Crippen molar-refractivity contribution in [3.8, 4) is 17.2 Å². The van der Waals surface area contributed by atoms with Gasteiger partial charge in [-0.15, -0.1) is 0 Å². The van der Waals surface area contributed by atoms with E-state index >= 15 is 0 Å². The fourth-order valence-corrected chi connectivity index (χ4v) is 4.73. The van der Waals surface area contributed by atoms with Gasteiger partial charge in [0.25, 0.3) is 0 Å². The van der Waals surface area contributed by atoms with Gasteiger partial charge in [-0.1, -0.05) is 26.8 Å². The van der Waals surface area contributed by atoms with Gasteiger partial charge in [0.05, 0.1) is 25.1 Å². The van der Waals surface area contributed by atoms with Crippen LogP contribution < -0.4 is 38.4 Å². The van der Waals surface area contributed by atoms with Gasteiger partial charge in [0.2, 0.25) is 0 Å². The third-order valence-electron chi connectivity index (χ3n) is 5.26. The number of aryl methyl sites for hydroxylation is 2. The summed E-state index contributed by atoms with van der Waals surface area (Å²) >= 11 is 0. The van der Waals surface area contributed by atoms with E-state index in [-0.39, 0.29) is 34.4 Å². The number of carbonyl (C=O) groups excluding carboxylic acids is 1. The molecule has 0 heterocycles. The van der Waals surface area contributed by atoms with E-state index in [1.807, 2.05) is 26.0 Å². The van der Waals surface area contributed by atoms with Gasteiger partial charge in [0.1, 0.15) is 17.2 Å². The monoisotopic (exact) mass is 452 g/mol. The van der Waals surface area contributed by atoms with Gasteiger partial charge in [-0.05, 0) is 77.8 Å². The second-order valence-electron chi connectivity index (χ2n) is 7.93. The van der Waals surface area contributed by atoms with Crippen LogP contribution in [0.1, 0.15) is 74.1 Å². The summed E-state index contributed by atoms with van der Waals surface area (Å²) in [7, 11) is -0.0840. The Hall–Kier alpha value is -1.46. The van der Waals surface area contributed by atoms with Crippen LogP contribution in [0.5, 0.6) is 17.2 Å². The van der Waals surface area contributed by atoms with E-state index in [9.17, 15) is 4.79 Å². The molecule has 0 N–H and O–H groups in total. The van der Waals surface area contributed by atoms with Crippen LogP contribution in [0.15, 0.2) is 18.2 Å². The summed E-state index contributed by atoms with van der Waals surface area (Å²) < 4.78 is 18.0. The molecule has 6 heteroatoms. The van der Waals surface area contributed by atoms with Gasteiger partial charge in [-0.25, -0.2) is 0 Å². The Labute approximate surface area is 209 Å². The summed E-state index contributed by atoms with van der Waals surface area (Å²) in [5.74, 6) is 2.10. The average Bonchev–Trinajstić information content (AvgIpc) is 2.74. The maximum Gasteiger partial charge on any atom is 1.00 e. The van der Waals surface area contributed by atoms with E-state index in [2.05, 4.69) is 40.7 Å². The van der Waals surface area contributed by atoms with Crippen LogP contribution in [-0.4, -0.2) is 25.3 Å². The van der Waals surface area contributed by atoms with Crippen molar-refractivity contribution in [1.82, 2.24) is 0 Å². The molecule has 0 aliphatic carbocycles. The van der Waals surface area contributed by atoms with Gasteiger partial charge in [-0.3, -0.25) is 4.79 Å². The Bertz CT molecular complexity index is 889. The van der Waals surface area contributed by atoms with Gasteiger partial charge in [0.15, 0.2) is 5.52 Å². The molecule has 1 unspecified atom stereocenters. The third kappa shape index (κ3) is 7.28. The van der Waals surface area contributed by atoms with E-state index in [0.29, 0.717) is 31.3 Å². The minimum atomic E-state index is -0.0840. The molecule has 2 aromatic carbocycles. The molecule has 0 radical (unpaired) electrons. The zero-order valence-electron chi connectivity index (χ0n) is 22.1. The minimum Gasteiger partial charge on any atom is -1.00 e. The van der Waals surface area contributed by atoms with Gasteiger partial charge >= 0.3 is 18.9 Å². The predicted molar refractivity (Wildman–Crippen MR) is 133 cm³/mol. The maximum absolute atomic E-state index is 13.5. The minimum absolute atomic E-state index is 0. The Kier molecular flexibility index (Phi) is 12.4. The van der Waals surface area contributed by atoms with Crippen LogP contribution in [0.4, 0.5) is 0 Å². The zero-order valence-corrected chi connectivity index (χ0v) is 22.1. The molecule has 2 rings (SSSR count). The van der Waals surface area contributed by atoms with Crippen molar-refractivity contribution in [2.75, 3.05) is 19.8 Å². The first-order valence-electron chi connectivity index (χ1n) is 11.3. The Morgan fingerprint density at radius 3 is 1.78 bits per heavy atom. The van der Waals surface area contributed by atoms with Crippen molar-refractivity contribution in [2.45, 2.75) is 67.7 Å². The Balaban J connectivity index is 0.00000512. The van der Waals surface area contributed by atoms with Crippen LogP contribution in [-0.2, 0) is 0 Å². The molecule has 0 aliphatic rings. The molecule has 0 bridgehead atoms. The fourth-order valence-electron chi connectivity index (χ4n) is 3.45. The standard InChI is InChI=1S/C26H37O4P.Li.H/c1-8-11-28-21-15-22(29-12-9-2)25(23(16-21)30-13-10-3)31-26(27)24-18(5)14-17(4)19(6)20(24)7;;/h14-16,31H,8-13H2,1-7H3;;/q;+1;-1. The zero-order chi connectivity index (χ0) is 23.0. The molecule has 0 saturated carbocycles. The third-order valence-corrected chi connectivity index (χ3v) is 6.48. The van der Waals surface area contributed by atoms with E-state index < -0.39 is 0 Å². The van der Waals surface area contributed by atoms with Gasteiger partial charge in [-0.2, -0.15) is 0 Å². The van der Waals surface area contributed by atoms with E-state index in [0.717, 1.165) is 47.0 Å². The molecular weight excluding hydrogens is 414 g/mol. The van der Waals surface area contributed by atoms with Crippen molar-refractivity contribution < 1.29 is 39.3 Å². The SMILES string of the molecule is CCCOc1cc(OCCC)c(PC(=O)c2c(C)cc(C)c(C)c2C)c(OCCC)c1.[H-].[Li+]. The van der Waals surface area contributed by atoms with E-state index in [1.165, 1.54) is 11.1 Å². The number of hydrogen-bond acceptors (Lipinski definition) is 4. The van der Waals surface area contributed by atoms with Crippen LogP contribution in [0.25, 0.3) is 0 Å². The second-order valence-corrected chi connectivity index (χ2v) is 9.13. The summed E-state index contributed by atoms with van der Waals surface area (Å²) in [6, 6.07) is 5.91. The van der Waals surface area contributed by atoms with Gasteiger partial charge in [0, 0.05) is 17.7 Å². The van der Waals surface area contributed by atoms with E-state index in [4.69, 9.17) is 14.2 Å². The molecule has 0 fully saturated rings. The van der Waals surface area contributed by atoms with Crippen molar-refractivity contribution in [3.05, 3.63) is 46.0 Å². The summed E-state index contributed by atoms with van der Waals surface area (Å²) in [5, 5.41) is 0.827. The summed E-state index contributed by atoms with van der Waals surface area (Å²) in [6.45, 7) is 16.2. The van der Waals surface area contributed by atoms with Crippen LogP contribution in [0.2, 0.25) is 0 Å². The van der Waals surface area contributed by atoms with Crippen molar-refractivity contribution in [1.29, 1.82) is 0 Å². The molecule has 172 valence electrons. The molecule has 32 heavy (non-hydrogen) atoms. The number of ether oxygens (including phenoxy) is 3. The molecule has 2 aromatic rings. The summed E-state index contributed by atoms with van der Waals surface area (Å²) in [5.41, 5.74) is 5.40. The quantitative estimate of drug-likeness (QED) is 0.365. The molecule has 0 aromatic heterocycles. The fraction of sp³-hybridized carbons (Fsp3) is 0.500. The molecular formula is C26H38LiO4P. The first kappa shape index (κ1) is 28.6. The largest absolute Gasteiger partial charge is 1.00 e. The van der Waals surface area contributed by atoms with Crippen LogP contribution in [0, 0.1) is 27.7 Å². The smallest absolute Gasteiger partial charge is 1.00 e. The second kappa shape index (κ2) is 13.9. The first-order valence-corrected chi connectivity index (χ1v) is 12.3. The number of benzene rings is 2. The normalized spacial score (nSPS) is 10.8. The van der Waals surface area contributed by atoms with Crippen molar-refractivity contribution >= 4 is 19.4 Å². The molecule has 0 amide bonds. The van der Waals surface area contributed by atoms with Crippen LogP contribution in [0.3, 0.4) is 0 Å².